The van der Waals surface area contributed by atoms with Crippen LogP contribution in [0.5, 0.6) is 0 Å². The maximum atomic E-state index is 13.1. The van der Waals surface area contributed by atoms with Crippen LogP contribution >= 0.6 is 0 Å². The van der Waals surface area contributed by atoms with Gasteiger partial charge in [-0.25, -0.2) is 14.2 Å². The fourth-order valence-corrected chi connectivity index (χ4v) is 2.82. The Morgan fingerprint density at radius 3 is 2.30 bits per heavy atom. The van der Waals surface area contributed by atoms with Gasteiger partial charge in [0.15, 0.2) is 5.96 Å². The molecule has 6 nitrogen and oxygen atoms in total. The molecule has 1 saturated heterocycles. The van der Waals surface area contributed by atoms with Crippen LogP contribution in [0.3, 0.4) is 0 Å². The number of aliphatic imine (C=N–C) groups is 1. The van der Waals surface area contributed by atoms with Crippen LogP contribution in [-0.4, -0.2) is 60.1 Å². The quantitative estimate of drug-likeness (QED) is 0.640. The smallest absolute Gasteiger partial charge is 0.335 e. The Morgan fingerprint density at radius 2 is 1.70 bits per heavy atom. The summed E-state index contributed by atoms with van der Waals surface area (Å²) in [5, 5.41) is 12.3. The zero-order valence-electron chi connectivity index (χ0n) is 15.2. The van der Waals surface area contributed by atoms with Crippen molar-refractivity contribution in [2.24, 2.45) is 4.99 Å². The number of aromatic carboxylic acids is 1. The van der Waals surface area contributed by atoms with Crippen molar-refractivity contribution in [3.8, 4) is 0 Å². The van der Waals surface area contributed by atoms with Crippen LogP contribution in [0.2, 0.25) is 0 Å². The number of benzene rings is 2. The highest BCUT2D eigenvalue weighted by molar-refractivity contribution is 5.94. The first-order chi connectivity index (χ1) is 13.0. The maximum Gasteiger partial charge on any atom is 0.335 e. The summed E-state index contributed by atoms with van der Waals surface area (Å²) in [6, 6.07) is 12.9. The number of hydrogen-bond acceptors (Lipinski definition) is 3. The standard InChI is InChI=1S/C20H23FN4O2/c1-24-10-12-25(13-11-24)20(22-14-15-2-6-17(21)7-3-15)23-18-8-4-16(5-9-18)19(26)27/h2-9H,10-14H2,1H3,(H,22,23)(H,26,27). The summed E-state index contributed by atoms with van der Waals surface area (Å²) in [6.45, 7) is 4.00. The van der Waals surface area contributed by atoms with Gasteiger partial charge in [0.25, 0.3) is 0 Å². The Balaban J connectivity index is 1.77. The van der Waals surface area contributed by atoms with Crippen LogP contribution < -0.4 is 5.32 Å². The molecule has 7 heteroatoms. The normalized spacial score (nSPS) is 15.6. The molecule has 0 radical (unpaired) electrons. The zero-order chi connectivity index (χ0) is 19.2. The number of nitrogens with zero attached hydrogens (tertiary/aromatic N) is 3. The number of nitrogens with one attached hydrogen (secondary N) is 1. The fourth-order valence-electron chi connectivity index (χ4n) is 2.82. The predicted octanol–water partition coefficient (Wildman–Crippen LogP) is 2.74. The van der Waals surface area contributed by atoms with Crippen molar-refractivity contribution < 1.29 is 14.3 Å². The van der Waals surface area contributed by atoms with E-state index in [0.29, 0.717) is 6.54 Å². The van der Waals surface area contributed by atoms with E-state index in [0.717, 1.165) is 43.4 Å². The topological polar surface area (TPSA) is 68.2 Å². The van der Waals surface area contributed by atoms with Gasteiger partial charge in [0.05, 0.1) is 12.1 Å². The first kappa shape index (κ1) is 18.8. The summed E-state index contributed by atoms with van der Waals surface area (Å²) in [5.41, 5.74) is 1.94. The zero-order valence-corrected chi connectivity index (χ0v) is 15.2. The molecule has 1 fully saturated rings. The van der Waals surface area contributed by atoms with Gasteiger partial charge in [0, 0.05) is 31.9 Å². The van der Waals surface area contributed by atoms with Crippen LogP contribution in [0.1, 0.15) is 15.9 Å². The van der Waals surface area contributed by atoms with Gasteiger partial charge in [-0.15, -0.1) is 0 Å². The van der Waals surface area contributed by atoms with E-state index in [4.69, 9.17) is 10.1 Å². The number of anilines is 1. The van der Waals surface area contributed by atoms with Gasteiger partial charge in [0.2, 0.25) is 0 Å². The minimum absolute atomic E-state index is 0.241. The van der Waals surface area contributed by atoms with Gasteiger partial charge >= 0.3 is 5.97 Å². The molecule has 0 bridgehead atoms. The van der Waals surface area contributed by atoms with Gasteiger partial charge in [-0.1, -0.05) is 12.1 Å². The molecule has 1 aliphatic heterocycles. The van der Waals surface area contributed by atoms with Crippen LogP contribution in [0.4, 0.5) is 10.1 Å². The summed E-state index contributed by atoms with van der Waals surface area (Å²) >= 11 is 0. The Morgan fingerprint density at radius 1 is 1.07 bits per heavy atom. The van der Waals surface area contributed by atoms with Crippen LogP contribution in [0.15, 0.2) is 53.5 Å². The molecule has 0 saturated carbocycles. The lowest BCUT2D eigenvalue weighted by atomic mass is 10.2. The number of carboxylic acids is 1. The lowest BCUT2D eigenvalue weighted by molar-refractivity contribution is 0.0697. The highest BCUT2D eigenvalue weighted by atomic mass is 19.1. The van der Waals surface area contributed by atoms with Crippen molar-refractivity contribution in [2.45, 2.75) is 6.54 Å². The second-order valence-corrected chi connectivity index (χ2v) is 6.56. The molecule has 2 aromatic rings. The fraction of sp³-hybridized carbons (Fsp3) is 0.300. The van der Waals surface area contributed by atoms with Crippen molar-refractivity contribution in [2.75, 3.05) is 38.5 Å². The molecule has 2 N–H and O–H groups in total. The van der Waals surface area contributed by atoms with E-state index < -0.39 is 5.97 Å². The molecule has 1 aliphatic rings. The molecule has 0 amide bonds. The first-order valence-corrected chi connectivity index (χ1v) is 8.84. The summed E-state index contributed by atoms with van der Waals surface area (Å²) < 4.78 is 13.1. The number of halogens is 1. The van der Waals surface area contributed by atoms with Gasteiger partial charge in [-0.3, -0.25) is 0 Å². The van der Waals surface area contributed by atoms with Gasteiger partial charge in [0.1, 0.15) is 5.82 Å². The maximum absolute atomic E-state index is 13.1. The minimum atomic E-state index is -0.953. The molecule has 0 aliphatic carbocycles. The third-order valence-corrected chi connectivity index (χ3v) is 4.52. The van der Waals surface area contributed by atoms with E-state index in [-0.39, 0.29) is 11.4 Å². The number of carboxylic acid groups (broad SMARTS) is 1. The average molecular weight is 370 g/mol. The van der Waals surface area contributed by atoms with E-state index in [1.165, 1.54) is 12.1 Å². The SMILES string of the molecule is CN1CCN(C(=NCc2ccc(F)cc2)Nc2ccc(C(=O)O)cc2)CC1. The third-order valence-electron chi connectivity index (χ3n) is 4.52. The molecule has 3 rings (SSSR count). The summed E-state index contributed by atoms with van der Waals surface area (Å²) in [6.07, 6.45) is 0. The van der Waals surface area contributed by atoms with Crippen molar-refractivity contribution in [3.05, 3.63) is 65.5 Å². The second-order valence-electron chi connectivity index (χ2n) is 6.56. The molecule has 142 valence electrons. The van der Waals surface area contributed by atoms with Gasteiger partial charge < -0.3 is 20.2 Å². The highest BCUT2D eigenvalue weighted by Crippen LogP contribution is 2.13. The van der Waals surface area contributed by atoms with E-state index in [1.807, 2.05) is 0 Å². The third kappa shape index (κ3) is 5.27. The monoisotopic (exact) mass is 370 g/mol. The number of rotatable bonds is 4. The molecule has 0 atom stereocenters. The minimum Gasteiger partial charge on any atom is -0.478 e. The first-order valence-electron chi connectivity index (χ1n) is 8.84. The lowest BCUT2D eigenvalue weighted by Gasteiger charge is -2.34. The van der Waals surface area contributed by atoms with Crippen molar-refractivity contribution in [3.63, 3.8) is 0 Å². The number of carbonyl (C=O) groups is 1. The van der Waals surface area contributed by atoms with Crippen molar-refractivity contribution in [1.29, 1.82) is 0 Å². The molecule has 2 aromatic carbocycles. The lowest BCUT2D eigenvalue weighted by Crippen LogP contribution is -2.49. The predicted molar refractivity (Wildman–Crippen MR) is 104 cm³/mol. The average Bonchev–Trinajstić information content (AvgIpc) is 2.67. The Hall–Kier alpha value is -2.93. The Bertz CT molecular complexity index is 798. The van der Waals surface area contributed by atoms with Crippen LogP contribution in [0, 0.1) is 5.82 Å². The van der Waals surface area contributed by atoms with Crippen LogP contribution in [0.25, 0.3) is 0 Å². The number of piperazine rings is 1. The molecular formula is C20H23FN4O2. The summed E-state index contributed by atoms with van der Waals surface area (Å²) in [5.74, 6) is -0.486. The molecule has 0 aromatic heterocycles. The van der Waals surface area contributed by atoms with Crippen molar-refractivity contribution >= 4 is 17.6 Å². The molecule has 0 unspecified atom stereocenters. The van der Waals surface area contributed by atoms with Crippen LogP contribution in [-0.2, 0) is 6.54 Å². The van der Waals surface area contributed by atoms with E-state index >= 15 is 0 Å². The van der Waals surface area contributed by atoms with E-state index in [1.54, 1.807) is 36.4 Å². The highest BCUT2D eigenvalue weighted by Gasteiger charge is 2.18. The number of likely N-dealkylation sites (N-methyl/N-ethyl adjacent to an activating group) is 1. The van der Waals surface area contributed by atoms with E-state index in [2.05, 4.69) is 22.2 Å². The molecular weight excluding hydrogens is 347 g/mol. The van der Waals surface area contributed by atoms with Gasteiger partial charge in [-0.2, -0.15) is 0 Å². The largest absolute Gasteiger partial charge is 0.478 e. The Kier molecular flexibility index (Phi) is 6.03. The molecule has 27 heavy (non-hydrogen) atoms. The molecule has 1 heterocycles. The number of guanidine groups is 1. The summed E-state index contributed by atoms with van der Waals surface area (Å²) in [7, 11) is 2.09. The second kappa shape index (κ2) is 8.64. The summed E-state index contributed by atoms with van der Waals surface area (Å²) in [4.78, 5) is 20.1. The molecule has 0 spiro atoms. The number of hydrogen-bond donors (Lipinski definition) is 2. The van der Waals surface area contributed by atoms with E-state index in [9.17, 15) is 9.18 Å². The van der Waals surface area contributed by atoms with Crippen molar-refractivity contribution in [1.82, 2.24) is 9.80 Å². The van der Waals surface area contributed by atoms with Gasteiger partial charge in [-0.05, 0) is 49.0 Å². The Labute approximate surface area is 157 Å².